The van der Waals surface area contributed by atoms with Crippen molar-refractivity contribution in [2.24, 2.45) is 0 Å². The first-order valence-corrected chi connectivity index (χ1v) is 11.6. The molecular weight excluding hydrogens is 539 g/mol. The summed E-state index contributed by atoms with van der Waals surface area (Å²) in [5.74, 6) is 1.61. The Bertz CT molecular complexity index is 1530. The van der Waals surface area contributed by atoms with Gasteiger partial charge in [-0.3, -0.25) is 9.89 Å². The van der Waals surface area contributed by atoms with Gasteiger partial charge in [0.15, 0.2) is 5.82 Å². The van der Waals surface area contributed by atoms with Crippen LogP contribution in [0.4, 0.5) is 58.4 Å². The topological polar surface area (TPSA) is 149 Å². The Morgan fingerprint density at radius 3 is 2.36 bits per heavy atom. The number of carbonyl (C=O) groups excluding carboxylic acids is 2. The quantitative estimate of drug-likeness (QED) is 0.141. The van der Waals surface area contributed by atoms with E-state index < -0.39 is 22.8 Å². The predicted octanol–water partition coefficient (Wildman–Crippen LogP) is 6.19. The second-order valence-corrected chi connectivity index (χ2v) is 8.61. The van der Waals surface area contributed by atoms with Gasteiger partial charge in [-0.25, -0.2) is 9.78 Å². The van der Waals surface area contributed by atoms with E-state index >= 15 is 0 Å². The fourth-order valence-electron chi connectivity index (χ4n) is 3.46. The van der Waals surface area contributed by atoms with Crippen molar-refractivity contribution in [3.8, 4) is 0 Å². The number of aryl methyl sites for hydroxylation is 2. The van der Waals surface area contributed by atoms with Crippen molar-refractivity contribution >= 4 is 64.5 Å². The van der Waals surface area contributed by atoms with Gasteiger partial charge in [-0.15, -0.1) is 0 Å². The Labute approximate surface area is 224 Å². The molecule has 2 aromatic carbocycles. The first-order chi connectivity index (χ1) is 18.5. The first kappa shape index (κ1) is 27.2. The molecule has 6 N–H and O–H groups in total. The molecule has 0 saturated heterocycles. The van der Waals surface area contributed by atoms with Gasteiger partial charge in [0.05, 0.1) is 10.6 Å². The third-order valence-corrected chi connectivity index (χ3v) is 5.49. The molecule has 0 fully saturated rings. The number of rotatable bonds is 8. The summed E-state index contributed by atoms with van der Waals surface area (Å²) in [4.78, 5) is 31.7. The lowest BCUT2D eigenvalue weighted by Gasteiger charge is -2.14. The summed E-state index contributed by atoms with van der Waals surface area (Å²) in [6, 6.07) is 10.7. The molecule has 0 unspecified atom stereocenters. The summed E-state index contributed by atoms with van der Waals surface area (Å²) < 4.78 is 39.2. The van der Waals surface area contributed by atoms with E-state index in [-0.39, 0.29) is 5.69 Å². The van der Waals surface area contributed by atoms with Crippen LogP contribution in [0.1, 0.15) is 16.8 Å². The monoisotopic (exact) mass is 559 g/mol. The van der Waals surface area contributed by atoms with Crippen LogP contribution in [0.3, 0.4) is 0 Å². The molecule has 0 aliphatic rings. The van der Waals surface area contributed by atoms with Crippen molar-refractivity contribution in [1.82, 2.24) is 20.2 Å². The fourth-order valence-corrected chi connectivity index (χ4v) is 3.69. The lowest BCUT2D eigenvalue weighted by atomic mass is 10.1. The SMILES string of the molecule is Cc1cc(Nc2cc(NC=O)n[nH]2)nc(Nc2ccc(NC(=O)Nc3ccc(Cl)c(C(F)(F)F)c3)cc2C)n1. The molecular formula is C24H21ClF3N9O2. The van der Waals surface area contributed by atoms with Gasteiger partial charge in [0.25, 0.3) is 0 Å². The fraction of sp³-hybridized carbons (Fsp3) is 0.125. The van der Waals surface area contributed by atoms with Crippen LogP contribution in [0.25, 0.3) is 0 Å². The molecule has 0 aliphatic heterocycles. The number of aromatic nitrogens is 4. The molecule has 3 amide bonds. The molecule has 0 saturated carbocycles. The van der Waals surface area contributed by atoms with E-state index in [1.165, 1.54) is 6.07 Å². The van der Waals surface area contributed by atoms with Crippen molar-refractivity contribution < 1.29 is 22.8 Å². The number of nitrogens with one attached hydrogen (secondary N) is 6. The molecule has 2 heterocycles. The molecule has 202 valence electrons. The first-order valence-electron chi connectivity index (χ1n) is 11.2. The van der Waals surface area contributed by atoms with E-state index in [0.717, 1.165) is 17.7 Å². The van der Waals surface area contributed by atoms with Gasteiger partial charge in [0, 0.05) is 34.9 Å². The molecule has 4 rings (SSSR count). The van der Waals surface area contributed by atoms with Gasteiger partial charge in [-0.1, -0.05) is 11.6 Å². The lowest BCUT2D eigenvalue weighted by molar-refractivity contribution is -0.137. The lowest BCUT2D eigenvalue weighted by Crippen LogP contribution is -2.20. The largest absolute Gasteiger partial charge is 0.417 e. The minimum atomic E-state index is -4.65. The highest BCUT2D eigenvalue weighted by Crippen LogP contribution is 2.36. The molecule has 11 nitrogen and oxygen atoms in total. The van der Waals surface area contributed by atoms with Gasteiger partial charge in [-0.2, -0.15) is 23.3 Å². The standard InChI is InChI=1S/C24H21ClF3N9O2/c1-12-7-14(31-23(39)32-15-3-5-17(25)16(9-15)24(26,27)28)4-6-18(12)33-22-30-13(2)8-20(35-22)34-21-10-19(29-11-38)36-37-21/h3-11H,1-2H3,(H2,31,32,39)(H4,29,30,33,34,35,36,37,38). The van der Waals surface area contributed by atoms with Crippen molar-refractivity contribution in [1.29, 1.82) is 0 Å². The van der Waals surface area contributed by atoms with Crippen molar-refractivity contribution in [2.75, 3.05) is 26.6 Å². The summed E-state index contributed by atoms with van der Waals surface area (Å²) >= 11 is 5.62. The van der Waals surface area contributed by atoms with Gasteiger partial charge in [0.1, 0.15) is 11.6 Å². The molecule has 0 aliphatic carbocycles. The van der Waals surface area contributed by atoms with Crippen molar-refractivity contribution in [3.63, 3.8) is 0 Å². The number of aromatic amines is 1. The van der Waals surface area contributed by atoms with E-state index in [1.54, 1.807) is 44.2 Å². The number of urea groups is 1. The van der Waals surface area contributed by atoms with Crippen LogP contribution in [-0.2, 0) is 11.0 Å². The highest BCUT2D eigenvalue weighted by Gasteiger charge is 2.33. The number of amides is 3. The van der Waals surface area contributed by atoms with Crippen LogP contribution in [0.5, 0.6) is 0 Å². The number of alkyl halides is 3. The van der Waals surface area contributed by atoms with E-state index in [9.17, 15) is 22.8 Å². The van der Waals surface area contributed by atoms with E-state index in [4.69, 9.17) is 11.6 Å². The van der Waals surface area contributed by atoms with Crippen LogP contribution >= 0.6 is 11.6 Å². The zero-order valence-electron chi connectivity index (χ0n) is 20.4. The van der Waals surface area contributed by atoms with Crippen molar-refractivity contribution in [3.05, 3.63) is 70.4 Å². The van der Waals surface area contributed by atoms with Gasteiger partial charge < -0.3 is 26.6 Å². The average Bonchev–Trinajstić information content (AvgIpc) is 3.28. The molecule has 4 aromatic rings. The molecule has 39 heavy (non-hydrogen) atoms. The Balaban J connectivity index is 1.42. The Hall–Kier alpha value is -4.85. The van der Waals surface area contributed by atoms with Crippen LogP contribution in [-0.4, -0.2) is 32.6 Å². The third kappa shape index (κ3) is 7.13. The number of benzene rings is 2. The predicted molar refractivity (Wildman–Crippen MR) is 142 cm³/mol. The van der Waals surface area contributed by atoms with E-state index in [0.29, 0.717) is 46.9 Å². The number of hydrogen-bond donors (Lipinski definition) is 6. The van der Waals surface area contributed by atoms with Crippen LogP contribution in [0, 0.1) is 13.8 Å². The second kappa shape index (κ2) is 11.3. The maximum absolute atomic E-state index is 13.1. The molecule has 15 heteroatoms. The minimum absolute atomic E-state index is 0.0633. The Kier molecular flexibility index (Phi) is 7.85. The third-order valence-electron chi connectivity index (χ3n) is 5.16. The van der Waals surface area contributed by atoms with Crippen LogP contribution in [0.2, 0.25) is 5.02 Å². The highest BCUT2D eigenvalue weighted by atomic mass is 35.5. The van der Waals surface area contributed by atoms with Crippen molar-refractivity contribution in [2.45, 2.75) is 20.0 Å². The summed E-state index contributed by atoms with van der Waals surface area (Å²) in [7, 11) is 0. The van der Waals surface area contributed by atoms with Gasteiger partial charge >= 0.3 is 12.2 Å². The molecule has 0 atom stereocenters. The molecule has 0 bridgehead atoms. The highest BCUT2D eigenvalue weighted by molar-refractivity contribution is 6.31. The zero-order chi connectivity index (χ0) is 28.2. The number of carbonyl (C=O) groups is 2. The maximum Gasteiger partial charge on any atom is 0.417 e. The van der Waals surface area contributed by atoms with E-state index in [2.05, 4.69) is 46.7 Å². The van der Waals surface area contributed by atoms with E-state index in [1.807, 2.05) is 0 Å². The molecule has 0 radical (unpaired) electrons. The Morgan fingerprint density at radius 1 is 0.949 bits per heavy atom. The van der Waals surface area contributed by atoms with Crippen LogP contribution < -0.4 is 26.6 Å². The number of nitrogens with zero attached hydrogens (tertiary/aromatic N) is 3. The van der Waals surface area contributed by atoms with Crippen LogP contribution in [0.15, 0.2) is 48.5 Å². The number of anilines is 7. The normalized spacial score (nSPS) is 11.0. The summed E-state index contributed by atoms with van der Waals surface area (Å²) in [6.07, 6.45) is -4.14. The average molecular weight is 560 g/mol. The zero-order valence-corrected chi connectivity index (χ0v) is 21.1. The Morgan fingerprint density at radius 2 is 1.67 bits per heavy atom. The number of hydrogen-bond acceptors (Lipinski definition) is 7. The number of halogens is 4. The summed E-state index contributed by atoms with van der Waals surface area (Å²) in [5, 5.41) is 19.7. The smallest absolute Gasteiger partial charge is 0.325 e. The van der Waals surface area contributed by atoms with Gasteiger partial charge in [-0.05, 0) is 55.8 Å². The van der Waals surface area contributed by atoms with Gasteiger partial charge in [0.2, 0.25) is 12.4 Å². The number of H-pyrrole nitrogens is 1. The minimum Gasteiger partial charge on any atom is -0.325 e. The molecule has 2 aromatic heterocycles. The maximum atomic E-state index is 13.1. The summed E-state index contributed by atoms with van der Waals surface area (Å²) in [6.45, 7) is 3.59. The second-order valence-electron chi connectivity index (χ2n) is 8.20. The molecule has 0 spiro atoms. The summed E-state index contributed by atoms with van der Waals surface area (Å²) in [5.41, 5.74) is 1.36.